The van der Waals surface area contributed by atoms with E-state index in [0.717, 1.165) is 5.82 Å². The minimum atomic E-state index is -0.993. The molecule has 0 spiro atoms. The number of aryl methyl sites for hydroxylation is 1. The van der Waals surface area contributed by atoms with Gasteiger partial charge in [-0.15, -0.1) is 10.2 Å². The average Bonchev–Trinajstić information content (AvgIpc) is 2.60. The first kappa shape index (κ1) is 7.78. The highest BCUT2D eigenvalue weighted by Crippen LogP contribution is 2.05. The topological polar surface area (TPSA) is 83.3 Å². The molecular formula is C7H8N4O2. The van der Waals surface area contributed by atoms with Crippen LogP contribution in [0.15, 0.2) is 6.07 Å². The van der Waals surface area contributed by atoms with Crippen molar-refractivity contribution in [3.8, 4) is 0 Å². The number of hydrogen-bond donors (Lipinski definition) is 2. The van der Waals surface area contributed by atoms with Crippen molar-refractivity contribution < 1.29 is 9.90 Å². The number of nitrogens with one attached hydrogen (secondary N) is 1. The Morgan fingerprint density at radius 3 is 3.08 bits per heavy atom. The lowest BCUT2D eigenvalue weighted by molar-refractivity contribution is 0.0690. The molecule has 0 aliphatic rings. The summed E-state index contributed by atoms with van der Waals surface area (Å²) in [4.78, 5) is 10.6. The van der Waals surface area contributed by atoms with E-state index >= 15 is 0 Å². The van der Waals surface area contributed by atoms with E-state index in [4.69, 9.17) is 5.11 Å². The number of rotatable bonds is 2. The molecule has 6 heteroatoms. The van der Waals surface area contributed by atoms with Crippen LogP contribution >= 0.6 is 0 Å². The zero-order valence-corrected chi connectivity index (χ0v) is 6.98. The molecule has 0 radical (unpaired) electrons. The molecule has 0 unspecified atom stereocenters. The molecule has 2 N–H and O–H groups in total. The number of aromatic carboxylic acids is 1. The fraction of sp³-hybridized carbons (Fsp3) is 0.286. The minimum Gasteiger partial charge on any atom is -0.477 e. The Morgan fingerprint density at radius 2 is 2.46 bits per heavy atom. The number of aromatic nitrogens is 4. The van der Waals surface area contributed by atoms with Crippen LogP contribution in [0.4, 0.5) is 0 Å². The Labute approximate surface area is 73.2 Å². The Morgan fingerprint density at radius 1 is 1.69 bits per heavy atom. The molecule has 0 atom stereocenters. The van der Waals surface area contributed by atoms with Crippen LogP contribution in [0.2, 0.25) is 0 Å². The van der Waals surface area contributed by atoms with E-state index in [1.807, 2.05) is 6.92 Å². The predicted octanol–water partition coefficient (Wildman–Crippen LogP) is 0.318. The van der Waals surface area contributed by atoms with Crippen LogP contribution in [-0.4, -0.2) is 30.9 Å². The minimum absolute atomic E-state index is 0.125. The molecule has 2 heterocycles. The fourth-order valence-corrected chi connectivity index (χ4v) is 1.17. The molecule has 2 aromatic heterocycles. The van der Waals surface area contributed by atoms with Crippen LogP contribution in [0, 0.1) is 0 Å². The number of carboxylic acid groups (broad SMARTS) is 1. The monoisotopic (exact) mass is 180 g/mol. The molecule has 0 bridgehead atoms. The van der Waals surface area contributed by atoms with E-state index in [1.54, 1.807) is 4.52 Å². The molecule has 2 rings (SSSR count). The van der Waals surface area contributed by atoms with Gasteiger partial charge in [0.25, 0.3) is 0 Å². The van der Waals surface area contributed by atoms with Crippen molar-refractivity contribution in [1.82, 2.24) is 19.8 Å². The first-order chi connectivity index (χ1) is 6.22. The first-order valence-electron chi connectivity index (χ1n) is 3.88. The van der Waals surface area contributed by atoms with Crippen molar-refractivity contribution in [2.24, 2.45) is 0 Å². The van der Waals surface area contributed by atoms with Gasteiger partial charge in [-0.1, -0.05) is 6.92 Å². The van der Waals surface area contributed by atoms with Gasteiger partial charge in [0.15, 0.2) is 11.5 Å². The number of nitrogens with zero attached hydrogens (tertiary/aromatic N) is 3. The summed E-state index contributed by atoms with van der Waals surface area (Å²) in [6.45, 7) is 1.93. The Bertz CT molecular complexity index is 456. The average molecular weight is 180 g/mol. The van der Waals surface area contributed by atoms with Gasteiger partial charge in [-0.3, -0.25) is 5.10 Å². The quantitative estimate of drug-likeness (QED) is 0.697. The largest absolute Gasteiger partial charge is 0.477 e. The SMILES string of the molecule is CCc1nnc2cc(C(=O)O)[nH]n12. The molecule has 0 saturated carbocycles. The Hall–Kier alpha value is -1.85. The van der Waals surface area contributed by atoms with E-state index in [-0.39, 0.29) is 5.69 Å². The summed E-state index contributed by atoms with van der Waals surface area (Å²) in [6.07, 6.45) is 0.709. The van der Waals surface area contributed by atoms with Crippen LogP contribution in [-0.2, 0) is 6.42 Å². The van der Waals surface area contributed by atoms with Crippen LogP contribution in [0.5, 0.6) is 0 Å². The zero-order chi connectivity index (χ0) is 9.42. The third-order valence-corrected chi connectivity index (χ3v) is 1.81. The zero-order valence-electron chi connectivity index (χ0n) is 6.98. The van der Waals surface area contributed by atoms with E-state index in [2.05, 4.69) is 15.3 Å². The summed E-state index contributed by atoms with van der Waals surface area (Å²) >= 11 is 0. The van der Waals surface area contributed by atoms with Crippen molar-refractivity contribution in [2.45, 2.75) is 13.3 Å². The highest BCUT2D eigenvalue weighted by Gasteiger charge is 2.11. The first-order valence-corrected chi connectivity index (χ1v) is 3.88. The number of carbonyl (C=O) groups is 1. The van der Waals surface area contributed by atoms with Gasteiger partial charge in [-0.05, 0) is 0 Å². The van der Waals surface area contributed by atoms with Crippen molar-refractivity contribution in [1.29, 1.82) is 0 Å². The fourth-order valence-electron chi connectivity index (χ4n) is 1.17. The highest BCUT2D eigenvalue weighted by atomic mass is 16.4. The predicted molar refractivity (Wildman–Crippen MR) is 43.7 cm³/mol. The van der Waals surface area contributed by atoms with Crippen molar-refractivity contribution in [3.05, 3.63) is 17.6 Å². The van der Waals surface area contributed by atoms with Gasteiger partial charge in [0.2, 0.25) is 0 Å². The molecule has 0 aliphatic carbocycles. The van der Waals surface area contributed by atoms with Gasteiger partial charge in [0.05, 0.1) is 0 Å². The molecule has 6 nitrogen and oxygen atoms in total. The number of hydrogen-bond acceptors (Lipinski definition) is 3. The van der Waals surface area contributed by atoms with E-state index in [9.17, 15) is 4.79 Å². The van der Waals surface area contributed by atoms with Crippen LogP contribution < -0.4 is 0 Å². The molecular weight excluding hydrogens is 172 g/mol. The summed E-state index contributed by atoms with van der Waals surface area (Å²) < 4.78 is 1.57. The number of aromatic amines is 1. The second-order valence-corrected chi connectivity index (χ2v) is 2.64. The molecule has 0 saturated heterocycles. The van der Waals surface area contributed by atoms with Gasteiger partial charge in [-0.2, -0.15) is 0 Å². The highest BCUT2D eigenvalue weighted by molar-refractivity contribution is 5.86. The maximum absolute atomic E-state index is 10.6. The third-order valence-electron chi connectivity index (χ3n) is 1.81. The molecule has 0 fully saturated rings. The molecule has 2 aromatic rings. The molecule has 68 valence electrons. The normalized spacial score (nSPS) is 10.8. The number of H-pyrrole nitrogens is 1. The molecule has 0 amide bonds. The maximum atomic E-state index is 10.6. The molecule has 0 aromatic carbocycles. The van der Waals surface area contributed by atoms with Crippen molar-refractivity contribution in [2.75, 3.05) is 0 Å². The van der Waals surface area contributed by atoms with Crippen LogP contribution in [0.1, 0.15) is 23.2 Å². The van der Waals surface area contributed by atoms with Gasteiger partial charge >= 0.3 is 5.97 Å². The lowest BCUT2D eigenvalue weighted by atomic mass is 10.4. The second-order valence-electron chi connectivity index (χ2n) is 2.64. The molecule has 0 aliphatic heterocycles. The number of carboxylic acids is 1. The van der Waals surface area contributed by atoms with Crippen molar-refractivity contribution >= 4 is 11.6 Å². The lowest BCUT2D eigenvalue weighted by Gasteiger charge is -1.89. The molecule has 13 heavy (non-hydrogen) atoms. The summed E-state index contributed by atoms with van der Waals surface area (Å²) in [5, 5.41) is 19.0. The van der Waals surface area contributed by atoms with Gasteiger partial charge in [-0.25, -0.2) is 9.31 Å². The Balaban J connectivity index is 2.63. The summed E-state index contributed by atoms with van der Waals surface area (Å²) in [5.74, 6) is -0.268. The van der Waals surface area contributed by atoms with Crippen LogP contribution in [0.25, 0.3) is 5.65 Å². The van der Waals surface area contributed by atoms with Gasteiger partial charge in [0, 0.05) is 12.5 Å². The second kappa shape index (κ2) is 2.58. The maximum Gasteiger partial charge on any atom is 0.353 e. The van der Waals surface area contributed by atoms with E-state index < -0.39 is 5.97 Å². The summed E-state index contributed by atoms with van der Waals surface area (Å²) in [7, 11) is 0. The smallest absolute Gasteiger partial charge is 0.353 e. The summed E-state index contributed by atoms with van der Waals surface area (Å²) in [5.41, 5.74) is 0.661. The number of fused-ring (bicyclic) bond motifs is 1. The lowest BCUT2D eigenvalue weighted by Crippen LogP contribution is -1.99. The third kappa shape index (κ3) is 1.07. The summed E-state index contributed by atoms with van der Waals surface area (Å²) in [6, 6.07) is 1.45. The van der Waals surface area contributed by atoms with Gasteiger partial charge < -0.3 is 5.11 Å². The Kier molecular flexibility index (Phi) is 1.54. The van der Waals surface area contributed by atoms with E-state index in [0.29, 0.717) is 12.1 Å². The van der Waals surface area contributed by atoms with Crippen molar-refractivity contribution in [3.63, 3.8) is 0 Å². The van der Waals surface area contributed by atoms with E-state index in [1.165, 1.54) is 6.07 Å². The van der Waals surface area contributed by atoms with Gasteiger partial charge in [0.1, 0.15) is 5.69 Å². The standard InChI is InChI=1S/C7H8N4O2/c1-2-5-8-9-6-3-4(7(12)13)10-11(5)6/h3,10H,2H2,1H3,(H,12,13). The van der Waals surface area contributed by atoms with Crippen LogP contribution in [0.3, 0.4) is 0 Å².